The summed E-state index contributed by atoms with van der Waals surface area (Å²) in [6.45, 7) is 13.6. The number of nitrogens with one attached hydrogen (secondary N) is 2. The number of rotatable bonds is 5. The van der Waals surface area contributed by atoms with Crippen LogP contribution < -0.4 is 5.32 Å². The zero-order chi connectivity index (χ0) is 25.7. The number of aryl methyl sites for hydroxylation is 2. The molecule has 1 amide bonds. The quantitative estimate of drug-likeness (QED) is 0.303. The first-order chi connectivity index (χ1) is 17.0. The van der Waals surface area contributed by atoms with E-state index in [9.17, 15) is 4.79 Å². The fourth-order valence-corrected chi connectivity index (χ4v) is 5.45. The summed E-state index contributed by atoms with van der Waals surface area (Å²) in [7, 11) is 0. The lowest BCUT2D eigenvalue weighted by Gasteiger charge is -2.42. The molecule has 0 radical (unpaired) electrons. The third-order valence-corrected chi connectivity index (χ3v) is 7.88. The minimum absolute atomic E-state index is 0.161. The number of aromatic nitrogens is 1. The Balaban J connectivity index is 1.34. The lowest BCUT2D eigenvalue weighted by atomic mass is 9.62. The van der Waals surface area contributed by atoms with Crippen molar-refractivity contribution in [1.29, 1.82) is 0 Å². The molecule has 1 aliphatic rings. The fraction of sp³-hybridized carbons (Fsp3) is 0.344. The van der Waals surface area contributed by atoms with Gasteiger partial charge in [-0.15, -0.1) is 0 Å². The number of anilines is 1. The number of benzene rings is 2. The molecule has 0 atom stereocenters. The van der Waals surface area contributed by atoms with Gasteiger partial charge in [0.15, 0.2) is 5.76 Å². The van der Waals surface area contributed by atoms with Crippen molar-refractivity contribution in [3.63, 3.8) is 0 Å². The van der Waals surface area contributed by atoms with E-state index < -0.39 is 0 Å². The van der Waals surface area contributed by atoms with E-state index in [1.165, 1.54) is 35.1 Å². The van der Waals surface area contributed by atoms with E-state index in [1.807, 2.05) is 49.4 Å². The summed E-state index contributed by atoms with van der Waals surface area (Å²) in [6, 6.07) is 20.5. The Bertz CT molecular complexity index is 1420. The summed E-state index contributed by atoms with van der Waals surface area (Å²) in [4.78, 5) is 16.2. The third-order valence-electron chi connectivity index (χ3n) is 7.88. The molecule has 0 saturated heterocycles. The highest BCUT2D eigenvalue weighted by atomic mass is 16.3. The van der Waals surface area contributed by atoms with E-state index >= 15 is 0 Å². The zero-order valence-corrected chi connectivity index (χ0v) is 22.2. The molecule has 0 saturated carbocycles. The molecule has 2 heterocycles. The van der Waals surface area contributed by atoms with E-state index in [0.717, 1.165) is 22.6 Å². The van der Waals surface area contributed by atoms with Crippen LogP contribution in [0.3, 0.4) is 0 Å². The van der Waals surface area contributed by atoms with Gasteiger partial charge < -0.3 is 14.7 Å². The van der Waals surface area contributed by atoms with Crippen molar-refractivity contribution in [2.24, 2.45) is 0 Å². The van der Waals surface area contributed by atoms with Crippen LogP contribution in [0.4, 0.5) is 5.82 Å². The second-order valence-electron chi connectivity index (χ2n) is 11.6. The SMILES string of the molecule is Cc1cc2c(cc1Cc1ccc(C(=O)Nc3cc(C)c(-c4ccccc4)[nH]3)o1)C(C)(C)CCC2(C)C. The van der Waals surface area contributed by atoms with Gasteiger partial charge in [-0.05, 0) is 89.1 Å². The highest BCUT2D eigenvalue weighted by Crippen LogP contribution is 2.46. The molecule has 4 heteroatoms. The minimum Gasteiger partial charge on any atom is -0.456 e. The lowest BCUT2D eigenvalue weighted by Crippen LogP contribution is -2.34. The summed E-state index contributed by atoms with van der Waals surface area (Å²) in [6.07, 6.45) is 3.06. The van der Waals surface area contributed by atoms with Gasteiger partial charge in [0.2, 0.25) is 0 Å². The van der Waals surface area contributed by atoms with Gasteiger partial charge in [0, 0.05) is 12.1 Å². The number of fused-ring (bicyclic) bond motifs is 1. The Morgan fingerprint density at radius 2 is 1.56 bits per heavy atom. The minimum atomic E-state index is -0.257. The Labute approximate surface area is 214 Å². The van der Waals surface area contributed by atoms with Gasteiger partial charge in [0.1, 0.15) is 11.6 Å². The fourth-order valence-electron chi connectivity index (χ4n) is 5.45. The number of furan rings is 1. The van der Waals surface area contributed by atoms with Gasteiger partial charge in [0.05, 0.1) is 0 Å². The molecule has 0 unspecified atom stereocenters. The number of aromatic amines is 1. The summed E-state index contributed by atoms with van der Waals surface area (Å²) >= 11 is 0. The van der Waals surface area contributed by atoms with Crippen molar-refractivity contribution in [3.05, 3.63) is 100 Å². The van der Waals surface area contributed by atoms with Crippen molar-refractivity contribution in [2.45, 2.75) is 71.6 Å². The van der Waals surface area contributed by atoms with Crippen LogP contribution in [0, 0.1) is 13.8 Å². The van der Waals surface area contributed by atoms with Crippen molar-refractivity contribution in [2.75, 3.05) is 5.32 Å². The van der Waals surface area contributed by atoms with E-state index in [-0.39, 0.29) is 16.7 Å². The summed E-state index contributed by atoms with van der Waals surface area (Å²) in [5.41, 5.74) is 8.96. The standard InChI is InChI=1S/C32H36N2O2/c1-20-16-25-26(32(5,6)15-14-31(25,3)4)19-23(20)18-24-12-13-27(36-24)30(35)34-28-17-21(2)29(33-28)22-10-8-7-9-11-22/h7-13,16-17,19,33H,14-15,18H2,1-6H3,(H,34,35). The number of carbonyl (C=O) groups excluding carboxylic acids is 1. The smallest absolute Gasteiger partial charge is 0.292 e. The molecule has 1 aliphatic carbocycles. The third kappa shape index (κ3) is 4.53. The first kappa shape index (κ1) is 24.2. The van der Waals surface area contributed by atoms with Crippen LogP contribution in [0.5, 0.6) is 0 Å². The van der Waals surface area contributed by atoms with Crippen LogP contribution in [-0.2, 0) is 17.3 Å². The maximum Gasteiger partial charge on any atom is 0.292 e. The number of hydrogen-bond donors (Lipinski definition) is 2. The molecule has 186 valence electrons. The van der Waals surface area contributed by atoms with Crippen LogP contribution in [0.1, 0.15) is 84.7 Å². The van der Waals surface area contributed by atoms with Crippen LogP contribution in [0.15, 0.2) is 65.1 Å². The van der Waals surface area contributed by atoms with E-state index in [4.69, 9.17) is 4.42 Å². The molecule has 2 aromatic heterocycles. The van der Waals surface area contributed by atoms with E-state index in [2.05, 4.69) is 57.1 Å². The Kier molecular flexibility index (Phi) is 5.94. The van der Waals surface area contributed by atoms with Gasteiger partial charge in [0.25, 0.3) is 5.91 Å². The molecule has 4 nitrogen and oxygen atoms in total. The summed E-state index contributed by atoms with van der Waals surface area (Å²) < 4.78 is 6.01. The predicted octanol–water partition coefficient (Wildman–Crippen LogP) is 8.08. The van der Waals surface area contributed by atoms with Crippen molar-refractivity contribution in [1.82, 2.24) is 4.98 Å². The molecule has 4 aromatic rings. The normalized spacial score (nSPS) is 15.9. The number of amides is 1. The van der Waals surface area contributed by atoms with Gasteiger partial charge in [-0.2, -0.15) is 0 Å². The first-order valence-electron chi connectivity index (χ1n) is 12.8. The van der Waals surface area contributed by atoms with Crippen molar-refractivity contribution >= 4 is 11.7 Å². The summed E-state index contributed by atoms with van der Waals surface area (Å²) in [5, 5.41) is 2.95. The Morgan fingerprint density at radius 1 is 0.889 bits per heavy atom. The topological polar surface area (TPSA) is 58.0 Å². The second kappa shape index (κ2) is 8.85. The highest BCUT2D eigenvalue weighted by Gasteiger charge is 2.37. The van der Waals surface area contributed by atoms with Gasteiger partial charge in [-0.1, -0.05) is 70.2 Å². The average Bonchev–Trinajstić information content (AvgIpc) is 3.45. The van der Waals surface area contributed by atoms with Crippen LogP contribution in [0.25, 0.3) is 11.3 Å². The predicted molar refractivity (Wildman–Crippen MR) is 147 cm³/mol. The maximum atomic E-state index is 12.9. The maximum absolute atomic E-state index is 12.9. The highest BCUT2D eigenvalue weighted by molar-refractivity contribution is 6.02. The van der Waals surface area contributed by atoms with Crippen LogP contribution in [0.2, 0.25) is 0 Å². The van der Waals surface area contributed by atoms with Gasteiger partial charge in [-0.3, -0.25) is 4.79 Å². The molecule has 0 bridgehead atoms. The lowest BCUT2D eigenvalue weighted by molar-refractivity contribution is 0.0995. The molecule has 0 spiro atoms. The first-order valence-corrected chi connectivity index (χ1v) is 12.8. The number of H-pyrrole nitrogens is 1. The molecule has 0 fully saturated rings. The largest absolute Gasteiger partial charge is 0.456 e. The van der Waals surface area contributed by atoms with Gasteiger partial charge in [-0.25, -0.2) is 0 Å². The van der Waals surface area contributed by atoms with E-state index in [0.29, 0.717) is 18.0 Å². The monoisotopic (exact) mass is 480 g/mol. The number of hydrogen-bond acceptors (Lipinski definition) is 2. The molecular weight excluding hydrogens is 444 g/mol. The number of carbonyl (C=O) groups is 1. The van der Waals surface area contributed by atoms with Gasteiger partial charge >= 0.3 is 0 Å². The van der Waals surface area contributed by atoms with Crippen LogP contribution >= 0.6 is 0 Å². The second-order valence-corrected chi connectivity index (χ2v) is 11.6. The van der Waals surface area contributed by atoms with Crippen molar-refractivity contribution < 1.29 is 9.21 Å². The Morgan fingerprint density at radius 3 is 2.25 bits per heavy atom. The molecule has 36 heavy (non-hydrogen) atoms. The van der Waals surface area contributed by atoms with E-state index in [1.54, 1.807) is 6.07 Å². The zero-order valence-electron chi connectivity index (χ0n) is 22.2. The molecule has 2 aromatic carbocycles. The summed E-state index contributed by atoms with van der Waals surface area (Å²) in [5.74, 6) is 1.51. The molecule has 0 aliphatic heterocycles. The van der Waals surface area contributed by atoms with Crippen molar-refractivity contribution in [3.8, 4) is 11.3 Å². The van der Waals surface area contributed by atoms with Crippen LogP contribution in [-0.4, -0.2) is 10.9 Å². The average molecular weight is 481 g/mol. The molecule has 2 N–H and O–H groups in total. The molecular formula is C32H36N2O2. The Hall–Kier alpha value is -3.53. The molecule has 5 rings (SSSR count).